The van der Waals surface area contributed by atoms with Gasteiger partial charge in [0.15, 0.2) is 0 Å². The van der Waals surface area contributed by atoms with Crippen LogP contribution >= 0.6 is 11.8 Å². The monoisotopic (exact) mass is 162 g/mol. The van der Waals surface area contributed by atoms with Gasteiger partial charge in [0.25, 0.3) is 0 Å². The number of hydrogen-bond acceptors (Lipinski definition) is 2. The maximum Gasteiger partial charge on any atom is 0.303 e. The first-order valence-electron chi connectivity index (χ1n) is 3.19. The van der Waals surface area contributed by atoms with Crippen molar-refractivity contribution in [2.75, 3.05) is 12.0 Å². The Kier molecular flexibility index (Phi) is 3.79. The molecule has 0 spiro atoms. The number of hydrogen-bond donors (Lipinski definition) is 1. The minimum atomic E-state index is -0.709. The quantitative estimate of drug-likeness (QED) is 0.685. The molecule has 0 aliphatic heterocycles. The molecule has 1 N–H and O–H groups in total. The second-order valence-corrected chi connectivity index (χ2v) is 4.03. The summed E-state index contributed by atoms with van der Waals surface area (Å²) in [5.41, 5.74) is -0.0642. The summed E-state index contributed by atoms with van der Waals surface area (Å²) in [4.78, 5) is 10.3. The van der Waals surface area contributed by atoms with Crippen LogP contribution in [-0.4, -0.2) is 23.1 Å². The van der Waals surface area contributed by atoms with Gasteiger partial charge in [-0.1, -0.05) is 13.8 Å². The van der Waals surface area contributed by atoms with Crippen LogP contribution in [0.4, 0.5) is 0 Å². The zero-order chi connectivity index (χ0) is 8.20. The van der Waals surface area contributed by atoms with Crippen molar-refractivity contribution >= 4 is 17.7 Å². The Morgan fingerprint density at radius 2 is 2.10 bits per heavy atom. The number of carbonyl (C=O) groups is 1. The largest absolute Gasteiger partial charge is 0.481 e. The van der Waals surface area contributed by atoms with Crippen LogP contribution in [0.25, 0.3) is 0 Å². The lowest BCUT2D eigenvalue weighted by Gasteiger charge is -2.20. The summed E-state index contributed by atoms with van der Waals surface area (Å²) in [6.07, 6.45) is 2.25. The minimum absolute atomic E-state index is 0.0642. The van der Waals surface area contributed by atoms with Gasteiger partial charge in [-0.2, -0.15) is 11.8 Å². The van der Waals surface area contributed by atoms with Crippen LogP contribution in [0.1, 0.15) is 20.3 Å². The van der Waals surface area contributed by atoms with E-state index in [1.807, 2.05) is 20.1 Å². The maximum absolute atomic E-state index is 10.3. The highest BCUT2D eigenvalue weighted by Crippen LogP contribution is 2.24. The van der Waals surface area contributed by atoms with Gasteiger partial charge in [0.2, 0.25) is 0 Å². The van der Waals surface area contributed by atoms with E-state index < -0.39 is 5.97 Å². The molecule has 0 aliphatic rings. The normalized spacial score (nSPS) is 11.5. The number of aliphatic carboxylic acids is 1. The van der Waals surface area contributed by atoms with Gasteiger partial charge in [-0.3, -0.25) is 4.79 Å². The first-order valence-corrected chi connectivity index (χ1v) is 4.58. The van der Waals surface area contributed by atoms with E-state index in [4.69, 9.17) is 5.11 Å². The fourth-order valence-corrected chi connectivity index (χ4v) is 1.73. The Labute approximate surface area is 66.0 Å². The van der Waals surface area contributed by atoms with Gasteiger partial charge in [-0.15, -0.1) is 0 Å². The Hall–Kier alpha value is -0.180. The van der Waals surface area contributed by atoms with Gasteiger partial charge in [-0.25, -0.2) is 0 Å². The Balaban J connectivity index is 3.74. The van der Waals surface area contributed by atoms with E-state index in [9.17, 15) is 4.79 Å². The van der Waals surface area contributed by atoms with Crippen molar-refractivity contribution in [1.82, 2.24) is 0 Å². The molecule has 0 aromatic heterocycles. The molecule has 3 heteroatoms. The average molecular weight is 162 g/mol. The van der Waals surface area contributed by atoms with Crippen LogP contribution < -0.4 is 0 Å². The molecule has 0 atom stereocenters. The van der Waals surface area contributed by atoms with Crippen LogP contribution in [0.5, 0.6) is 0 Å². The Morgan fingerprint density at radius 1 is 1.60 bits per heavy atom. The van der Waals surface area contributed by atoms with E-state index in [0.717, 1.165) is 5.75 Å². The summed E-state index contributed by atoms with van der Waals surface area (Å²) in [5.74, 6) is 0.193. The van der Waals surface area contributed by atoms with E-state index in [2.05, 4.69) is 0 Å². The van der Waals surface area contributed by atoms with E-state index in [0.29, 0.717) is 0 Å². The topological polar surface area (TPSA) is 37.3 Å². The van der Waals surface area contributed by atoms with Gasteiger partial charge in [-0.05, 0) is 17.4 Å². The van der Waals surface area contributed by atoms with Crippen molar-refractivity contribution in [1.29, 1.82) is 0 Å². The lowest BCUT2D eigenvalue weighted by atomic mass is 9.92. The van der Waals surface area contributed by atoms with Gasteiger partial charge in [0.1, 0.15) is 0 Å². The molecule has 60 valence electrons. The molecular weight excluding hydrogens is 148 g/mol. The summed E-state index contributed by atoms with van der Waals surface area (Å²) in [5, 5.41) is 8.47. The summed E-state index contributed by atoms with van der Waals surface area (Å²) >= 11 is 1.69. The van der Waals surface area contributed by atoms with Crippen LogP contribution in [0.2, 0.25) is 0 Å². The molecule has 0 aromatic carbocycles. The van der Waals surface area contributed by atoms with Crippen molar-refractivity contribution in [2.45, 2.75) is 20.3 Å². The molecule has 10 heavy (non-hydrogen) atoms. The summed E-state index contributed by atoms with van der Waals surface area (Å²) in [6.45, 7) is 3.94. The van der Waals surface area contributed by atoms with E-state index in [1.165, 1.54) is 0 Å². The van der Waals surface area contributed by atoms with Crippen molar-refractivity contribution < 1.29 is 9.90 Å². The first-order chi connectivity index (χ1) is 4.48. The molecule has 0 saturated heterocycles. The summed E-state index contributed by atoms with van der Waals surface area (Å²) < 4.78 is 0. The number of thioether (sulfide) groups is 1. The van der Waals surface area contributed by atoms with Gasteiger partial charge in [0.05, 0.1) is 6.42 Å². The lowest BCUT2D eigenvalue weighted by molar-refractivity contribution is -0.138. The lowest BCUT2D eigenvalue weighted by Crippen LogP contribution is -2.19. The third-order valence-electron chi connectivity index (χ3n) is 1.16. The fraction of sp³-hybridized carbons (Fsp3) is 0.857. The third kappa shape index (κ3) is 4.68. The first kappa shape index (κ1) is 9.82. The molecule has 0 radical (unpaired) electrons. The molecule has 0 heterocycles. The highest BCUT2D eigenvalue weighted by molar-refractivity contribution is 7.98. The predicted molar refractivity (Wildman–Crippen MR) is 44.4 cm³/mol. The van der Waals surface area contributed by atoms with Gasteiger partial charge in [0, 0.05) is 0 Å². The summed E-state index contributed by atoms with van der Waals surface area (Å²) in [6, 6.07) is 0. The average Bonchev–Trinajstić information content (AvgIpc) is 1.59. The van der Waals surface area contributed by atoms with Crippen LogP contribution in [0, 0.1) is 5.41 Å². The smallest absolute Gasteiger partial charge is 0.303 e. The van der Waals surface area contributed by atoms with Crippen molar-refractivity contribution in [3.63, 3.8) is 0 Å². The summed E-state index contributed by atoms with van der Waals surface area (Å²) in [7, 11) is 0. The van der Waals surface area contributed by atoms with Crippen molar-refractivity contribution in [3.05, 3.63) is 0 Å². The van der Waals surface area contributed by atoms with Gasteiger partial charge < -0.3 is 5.11 Å². The number of carboxylic acid groups (broad SMARTS) is 1. The molecule has 0 fully saturated rings. The number of carboxylic acids is 1. The molecular formula is C7H14O2S. The predicted octanol–water partition coefficient (Wildman–Crippen LogP) is 1.85. The van der Waals surface area contributed by atoms with E-state index in [1.54, 1.807) is 11.8 Å². The fourth-order valence-electron chi connectivity index (χ4n) is 0.851. The van der Waals surface area contributed by atoms with Crippen molar-refractivity contribution in [2.24, 2.45) is 5.41 Å². The molecule has 0 bridgehead atoms. The van der Waals surface area contributed by atoms with E-state index >= 15 is 0 Å². The molecule has 0 rings (SSSR count). The third-order valence-corrected chi connectivity index (χ3v) is 2.24. The highest BCUT2D eigenvalue weighted by Gasteiger charge is 2.20. The molecule has 0 unspecified atom stereocenters. The minimum Gasteiger partial charge on any atom is -0.481 e. The Bertz CT molecular complexity index is 121. The van der Waals surface area contributed by atoms with Crippen LogP contribution in [0.3, 0.4) is 0 Å². The SMILES string of the molecule is CSCC(C)(C)CC(=O)O. The van der Waals surface area contributed by atoms with Crippen LogP contribution in [0.15, 0.2) is 0 Å². The number of rotatable bonds is 4. The molecule has 0 saturated carbocycles. The molecule has 0 aromatic rings. The second-order valence-electron chi connectivity index (χ2n) is 3.17. The van der Waals surface area contributed by atoms with Gasteiger partial charge >= 0.3 is 5.97 Å². The second kappa shape index (κ2) is 3.86. The molecule has 0 amide bonds. The van der Waals surface area contributed by atoms with Crippen LogP contribution in [-0.2, 0) is 4.79 Å². The Morgan fingerprint density at radius 3 is 2.40 bits per heavy atom. The standard InChI is InChI=1S/C7H14O2S/c1-7(2,5-10-3)4-6(8)9/h4-5H2,1-3H3,(H,8,9). The maximum atomic E-state index is 10.3. The molecule has 0 aliphatic carbocycles. The zero-order valence-corrected chi connectivity index (χ0v) is 7.49. The van der Waals surface area contributed by atoms with E-state index in [-0.39, 0.29) is 11.8 Å². The molecule has 2 nitrogen and oxygen atoms in total. The zero-order valence-electron chi connectivity index (χ0n) is 6.68. The van der Waals surface area contributed by atoms with Crippen molar-refractivity contribution in [3.8, 4) is 0 Å². The highest BCUT2D eigenvalue weighted by atomic mass is 32.2.